The van der Waals surface area contributed by atoms with Gasteiger partial charge in [-0.25, -0.2) is 4.39 Å². The zero-order valence-electron chi connectivity index (χ0n) is 10.2. The number of Topliss-reactive ketones (excluding diaryl/α,β-unsaturated/α-hetero) is 1. The van der Waals surface area contributed by atoms with Crippen LogP contribution < -0.4 is 0 Å². The number of benzene rings is 2. The molecule has 0 amide bonds. The normalized spacial score (nSPS) is 11.4. The Morgan fingerprint density at radius 2 is 1.65 bits per heavy atom. The lowest BCUT2D eigenvalue weighted by Gasteiger charge is -2.09. The first-order valence-electron chi connectivity index (χ1n) is 5.81. The number of carbonyl (C=O) groups excluding carboxylic acids is 1. The minimum Gasteiger partial charge on any atom is -0.294 e. The van der Waals surface area contributed by atoms with Gasteiger partial charge in [0, 0.05) is 12.0 Å². The Balaban J connectivity index is 2.29. The summed E-state index contributed by atoms with van der Waals surface area (Å²) >= 11 is 0. The quantitative estimate of drug-likeness (QED) is 0.607. The topological polar surface area (TPSA) is 17.1 Å². The van der Waals surface area contributed by atoms with Crippen molar-refractivity contribution in [1.29, 1.82) is 0 Å². The second-order valence-corrected chi connectivity index (χ2v) is 4.31. The third-order valence-corrected chi connectivity index (χ3v) is 2.75. The van der Waals surface area contributed by atoms with E-state index < -0.39 is 23.3 Å². The molecule has 2 rings (SSSR count). The summed E-state index contributed by atoms with van der Waals surface area (Å²) in [5, 5.41) is 0. The summed E-state index contributed by atoms with van der Waals surface area (Å²) in [6.45, 7) is 0. The highest BCUT2D eigenvalue weighted by Gasteiger charge is 2.31. The predicted octanol–water partition coefficient (Wildman–Crippen LogP) is 4.27. The third-order valence-electron chi connectivity index (χ3n) is 2.75. The van der Waals surface area contributed by atoms with Gasteiger partial charge in [0.2, 0.25) is 0 Å². The van der Waals surface area contributed by atoms with Gasteiger partial charge in [0.05, 0.1) is 5.56 Å². The summed E-state index contributed by atoms with van der Waals surface area (Å²) in [5.74, 6) is -1.63. The fraction of sp³-hybridized carbons (Fsp3) is 0.133. The van der Waals surface area contributed by atoms with E-state index in [1.165, 1.54) is 0 Å². The summed E-state index contributed by atoms with van der Waals surface area (Å²) in [5.41, 5.74) is -0.773. The van der Waals surface area contributed by atoms with E-state index in [4.69, 9.17) is 0 Å². The number of hydrogen-bond donors (Lipinski definition) is 0. The van der Waals surface area contributed by atoms with Crippen molar-refractivity contribution in [2.75, 3.05) is 0 Å². The van der Waals surface area contributed by atoms with Crippen LogP contribution in [0.25, 0.3) is 0 Å². The van der Waals surface area contributed by atoms with E-state index in [2.05, 4.69) is 0 Å². The van der Waals surface area contributed by atoms with Crippen molar-refractivity contribution < 1.29 is 22.4 Å². The number of carbonyl (C=O) groups is 1. The molecular formula is C15H10F4O. The monoisotopic (exact) mass is 282 g/mol. The molecule has 2 aromatic rings. The molecule has 0 heterocycles. The van der Waals surface area contributed by atoms with Gasteiger partial charge in [0.15, 0.2) is 5.78 Å². The van der Waals surface area contributed by atoms with E-state index in [0.717, 1.165) is 6.07 Å². The highest BCUT2D eigenvalue weighted by molar-refractivity contribution is 5.97. The fourth-order valence-electron chi connectivity index (χ4n) is 1.80. The van der Waals surface area contributed by atoms with Gasteiger partial charge in [-0.1, -0.05) is 30.3 Å². The minimum absolute atomic E-state index is 0.0679. The highest BCUT2D eigenvalue weighted by Crippen LogP contribution is 2.30. The molecule has 1 nitrogen and oxygen atoms in total. The van der Waals surface area contributed by atoms with Gasteiger partial charge in [-0.15, -0.1) is 0 Å². The first-order valence-corrected chi connectivity index (χ1v) is 5.81. The SMILES string of the molecule is O=C(Cc1ccccc1)c1cc(F)cc(C(F)(F)F)c1. The van der Waals surface area contributed by atoms with Gasteiger partial charge in [-0.3, -0.25) is 4.79 Å². The van der Waals surface area contributed by atoms with E-state index in [0.29, 0.717) is 17.7 Å². The molecule has 5 heteroatoms. The molecule has 0 radical (unpaired) electrons. The molecule has 0 aliphatic carbocycles. The summed E-state index contributed by atoms with van der Waals surface area (Å²) in [6.07, 6.45) is -4.74. The maximum Gasteiger partial charge on any atom is 0.416 e. The second kappa shape index (κ2) is 5.45. The van der Waals surface area contributed by atoms with Crippen LogP contribution in [0, 0.1) is 5.82 Å². The number of alkyl halides is 3. The van der Waals surface area contributed by atoms with Gasteiger partial charge < -0.3 is 0 Å². The zero-order valence-corrected chi connectivity index (χ0v) is 10.2. The van der Waals surface area contributed by atoms with Crippen molar-refractivity contribution in [1.82, 2.24) is 0 Å². The predicted molar refractivity (Wildman–Crippen MR) is 65.9 cm³/mol. The Hall–Kier alpha value is -2.17. The van der Waals surface area contributed by atoms with Crippen LogP contribution in [0.15, 0.2) is 48.5 Å². The Morgan fingerprint density at radius 3 is 2.25 bits per heavy atom. The Morgan fingerprint density at radius 1 is 1.00 bits per heavy atom. The maximum absolute atomic E-state index is 13.2. The summed E-state index contributed by atoms with van der Waals surface area (Å²) in [6, 6.07) is 10.4. The van der Waals surface area contributed by atoms with Gasteiger partial charge in [0.25, 0.3) is 0 Å². The van der Waals surface area contributed by atoms with E-state index in [-0.39, 0.29) is 12.0 Å². The van der Waals surface area contributed by atoms with Crippen molar-refractivity contribution in [2.45, 2.75) is 12.6 Å². The van der Waals surface area contributed by atoms with E-state index in [1.807, 2.05) is 0 Å². The second-order valence-electron chi connectivity index (χ2n) is 4.31. The van der Waals surface area contributed by atoms with Crippen molar-refractivity contribution in [3.8, 4) is 0 Å². The number of ketones is 1. The number of halogens is 4. The standard InChI is InChI=1S/C15H10F4O/c16-13-8-11(7-12(9-13)15(17,18)19)14(20)6-10-4-2-1-3-5-10/h1-5,7-9H,6H2. The molecular weight excluding hydrogens is 272 g/mol. The fourth-order valence-corrected chi connectivity index (χ4v) is 1.80. The molecule has 0 aliphatic rings. The van der Waals surface area contributed by atoms with Crippen molar-refractivity contribution in [2.24, 2.45) is 0 Å². The minimum atomic E-state index is -4.68. The van der Waals surface area contributed by atoms with Crippen LogP contribution >= 0.6 is 0 Å². The average Bonchev–Trinajstić information content (AvgIpc) is 2.38. The van der Waals surface area contributed by atoms with Crippen LogP contribution in [0.3, 0.4) is 0 Å². The Labute approximate surface area is 112 Å². The lowest BCUT2D eigenvalue weighted by atomic mass is 10.0. The Kier molecular flexibility index (Phi) is 3.88. The largest absolute Gasteiger partial charge is 0.416 e. The summed E-state index contributed by atoms with van der Waals surface area (Å²) in [4.78, 5) is 11.9. The molecule has 0 spiro atoms. The van der Waals surface area contributed by atoms with Crippen LogP contribution in [0.2, 0.25) is 0 Å². The number of rotatable bonds is 3. The van der Waals surface area contributed by atoms with Crippen LogP contribution in [-0.2, 0) is 12.6 Å². The first kappa shape index (κ1) is 14.2. The molecule has 0 fully saturated rings. The van der Waals surface area contributed by atoms with Crippen LogP contribution in [0.5, 0.6) is 0 Å². The molecule has 20 heavy (non-hydrogen) atoms. The molecule has 0 bridgehead atoms. The molecule has 0 saturated carbocycles. The average molecular weight is 282 g/mol. The first-order chi connectivity index (χ1) is 9.36. The van der Waals surface area contributed by atoms with Crippen molar-refractivity contribution in [3.05, 3.63) is 71.0 Å². The van der Waals surface area contributed by atoms with Gasteiger partial charge in [-0.05, 0) is 23.8 Å². The molecule has 0 atom stereocenters. The molecule has 0 saturated heterocycles. The molecule has 0 unspecified atom stereocenters. The molecule has 2 aromatic carbocycles. The van der Waals surface area contributed by atoms with Gasteiger partial charge >= 0.3 is 6.18 Å². The zero-order chi connectivity index (χ0) is 14.8. The maximum atomic E-state index is 13.2. The van der Waals surface area contributed by atoms with Crippen LogP contribution in [-0.4, -0.2) is 5.78 Å². The van der Waals surface area contributed by atoms with Gasteiger partial charge in [-0.2, -0.15) is 13.2 Å². The van der Waals surface area contributed by atoms with Crippen molar-refractivity contribution >= 4 is 5.78 Å². The van der Waals surface area contributed by atoms with Gasteiger partial charge in [0.1, 0.15) is 5.82 Å². The Bertz CT molecular complexity index is 618. The lowest BCUT2D eigenvalue weighted by Crippen LogP contribution is -2.10. The molecule has 0 aliphatic heterocycles. The van der Waals surface area contributed by atoms with E-state index in [1.54, 1.807) is 30.3 Å². The summed E-state index contributed by atoms with van der Waals surface area (Å²) < 4.78 is 50.9. The van der Waals surface area contributed by atoms with E-state index in [9.17, 15) is 22.4 Å². The summed E-state index contributed by atoms with van der Waals surface area (Å²) in [7, 11) is 0. The molecule has 0 N–H and O–H groups in total. The number of hydrogen-bond acceptors (Lipinski definition) is 1. The molecule has 104 valence electrons. The van der Waals surface area contributed by atoms with Crippen molar-refractivity contribution in [3.63, 3.8) is 0 Å². The molecule has 0 aromatic heterocycles. The lowest BCUT2D eigenvalue weighted by molar-refractivity contribution is -0.137. The highest BCUT2D eigenvalue weighted by atomic mass is 19.4. The van der Waals surface area contributed by atoms with Crippen LogP contribution in [0.1, 0.15) is 21.5 Å². The van der Waals surface area contributed by atoms with E-state index >= 15 is 0 Å². The smallest absolute Gasteiger partial charge is 0.294 e. The third kappa shape index (κ3) is 3.44. The van der Waals surface area contributed by atoms with Crippen LogP contribution in [0.4, 0.5) is 17.6 Å².